The molecule has 1 N–H and O–H groups in total. The van der Waals surface area contributed by atoms with Gasteiger partial charge in [0, 0.05) is 5.56 Å². The van der Waals surface area contributed by atoms with Crippen molar-refractivity contribution in [3.8, 4) is 5.75 Å². The van der Waals surface area contributed by atoms with E-state index < -0.39 is 0 Å². The first-order valence-corrected chi connectivity index (χ1v) is 4.36. The highest BCUT2D eigenvalue weighted by molar-refractivity contribution is 5.43. The Morgan fingerprint density at radius 2 is 2.38 bits per heavy atom. The van der Waals surface area contributed by atoms with Crippen LogP contribution in [0.5, 0.6) is 5.75 Å². The van der Waals surface area contributed by atoms with Crippen molar-refractivity contribution in [2.24, 2.45) is 0 Å². The highest BCUT2D eigenvalue weighted by Crippen LogP contribution is 2.38. The third-order valence-corrected chi connectivity index (χ3v) is 2.19. The van der Waals surface area contributed by atoms with Crippen molar-refractivity contribution in [1.29, 1.82) is 0 Å². The van der Waals surface area contributed by atoms with E-state index in [1.807, 2.05) is 18.2 Å². The van der Waals surface area contributed by atoms with E-state index in [4.69, 9.17) is 4.74 Å². The Hall–Kier alpha value is -1.28. The summed E-state index contributed by atoms with van der Waals surface area (Å²) < 4.78 is 5.17. The molecule has 1 unspecified atom stereocenters. The number of ether oxygens (including phenoxy) is 1. The highest BCUT2D eigenvalue weighted by Gasteiger charge is 2.29. The summed E-state index contributed by atoms with van der Waals surface area (Å²) in [7, 11) is 0. The molecule has 13 heavy (non-hydrogen) atoms. The van der Waals surface area contributed by atoms with E-state index in [2.05, 4.69) is 6.58 Å². The van der Waals surface area contributed by atoms with Crippen molar-refractivity contribution in [2.45, 2.75) is 12.5 Å². The fourth-order valence-corrected chi connectivity index (χ4v) is 1.52. The molecule has 0 aromatic heterocycles. The van der Waals surface area contributed by atoms with Gasteiger partial charge in [-0.3, -0.25) is 0 Å². The second-order valence-electron chi connectivity index (χ2n) is 3.16. The molecule has 0 bridgehead atoms. The van der Waals surface area contributed by atoms with Gasteiger partial charge in [0.05, 0.1) is 6.61 Å². The molecule has 1 fully saturated rings. The first-order valence-electron chi connectivity index (χ1n) is 4.36. The molecule has 68 valence electrons. The molecule has 0 spiro atoms. The number of hydrogen-bond acceptors (Lipinski definition) is 2. The summed E-state index contributed by atoms with van der Waals surface area (Å²) >= 11 is 0. The van der Waals surface area contributed by atoms with E-state index in [9.17, 15) is 5.11 Å². The zero-order valence-electron chi connectivity index (χ0n) is 7.36. The number of hydrogen-bond donors (Lipinski definition) is 1. The Morgan fingerprint density at radius 3 is 3.00 bits per heavy atom. The molecular formula is C11H12O2. The molecule has 0 radical (unpaired) electrons. The van der Waals surface area contributed by atoms with E-state index >= 15 is 0 Å². The van der Waals surface area contributed by atoms with E-state index in [0.717, 1.165) is 24.2 Å². The molecule has 1 heterocycles. The van der Waals surface area contributed by atoms with Crippen LogP contribution in [0.4, 0.5) is 0 Å². The Kier molecular flexibility index (Phi) is 2.07. The van der Waals surface area contributed by atoms with Gasteiger partial charge in [0.15, 0.2) is 0 Å². The molecule has 0 aliphatic carbocycles. The van der Waals surface area contributed by atoms with Gasteiger partial charge < -0.3 is 9.84 Å². The minimum absolute atomic E-state index is 0.108. The largest absolute Gasteiger partial charge is 0.508 e. The van der Waals surface area contributed by atoms with Gasteiger partial charge in [-0.15, -0.1) is 6.58 Å². The SMILES string of the molecule is C=CCc1cccc(O)c1C1CO1. The predicted octanol–water partition coefficient (Wildman–Crippen LogP) is 2.19. The van der Waals surface area contributed by atoms with Crippen molar-refractivity contribution in [2.75, 3.05) is 6.61 Å². The molecule has 0 saturated carbocycles. The van der Waals surface area contributed by atoms with Gasteiger partial charge in [-0.1, -0.05) is 18.2 Å². The minimum Gasteiger partial charge on any atom is -0.508 e. The van der Waals surface area contributed by atoms with E-state index in [0.29, 0.717) is 5.75 Å². The summed E-state index contributed by atoms with van der Waals surface area (Å²) in [5, 5.41) is 9.61. The van der Waals surface area contributed by atoms with Gasteiger partial charge in [0.2, 0.25) is 0 Å². The van der Waals surface area contributed by atoms with Crippen molar-refractivity contribution in [1.82, 2.24) is 0 Å². The first kappa shape index (κ1) is 8.32. The number of benzene rings is 1. The second-order valence-corrected chi connectivity index (χ2v) is 3.16. The van der Waals surface area contributed by atoms with E-state index in [1.165, 1.54) is 0 Å². The predicted molar refractivity (Wildman–Crippen MR) is 50.7 cm³/mol. The quantitative estimate of drug-likeness (QED) is 0.565. The highest BCUT2D eigenvalue weighted by atomic mass is 16.6. The van der Waals surface area contributed by atoms with Crippen molar-refractivity contribution < 1.29 is 9.84 Å². The number of allylic oxidation sites excluding steroid dienone is 1. The molecule has 1 aromatic carbocycles. The van der Waals surface area contributed by atoms with Crippen LogP contribution in [0.15, 0.2) is 30.9 Å². The second kappa shape index (κ2) is 3.23. The maximum absolute atomic E-state index is 9.61. The molecule has 2 rings (SSSR count). The Morgan fingerprint density at radius 1 is 1.62 bits per heavy atom. The maximum atomic E-state index is 9.61. The summed E-state index contributed by atoms with van der Waals surface area (Å²) in [6.45, 7) is 4.41. The number of phenols is 1. The van der Waals surface area contributed by atoms with E-state index in [1.54, 1.807) is 6.07 Å². The number of aromatic hydroxyl groups is 1. The molecule has 1 aliphatic heterocycles. The van der Waals surface area contributed by atoms with Gasteiger partial charge in [-0.2, -0.15) is 0 Å². The Bertz CT molecular complexity index is 327. The molecular weight excluding hydrogens is 164 g/mol. The maximum Gasteiger partial charge on any atom is 0.121 e. The summed E-state index contributed by atoms with van der Waals surface area (Å²) in [5.41, 5.74) is 2.04. The fourth-order valence-electron chi connectivity index (χ4n) is 1.52. The Balaban J connectivity index is 2.40. The van der Waals surface area contributed by atoms with Crippen LogP contribution >= 0.6 is 0 Å². The number of phenolic OH excluding ortho intramolecular Hbond substituents is 1. The van der Waals surface area contributed by atoms with Crippen LogP contribution in [-0.4, -0.2) is 11.7 Å². The summed E-state index contributed by atoms with van der Waals surface area (Å²) in [6.07, 6.45) is 2.72. The standard InChI is InChI=1S/C11H12O2/c1-2-4-8-5-3-6-9(12)11(8)10-7-13-10/h2-3,5-6,10,12H,1,4,7H2. The van der Waals surface area contributed by atoms with Gasteiger partial charge >= 0.3 is 0 Å². The summed E-state index contributed by atoms with van der Waals surface area (Å²) in [6, 6.07) is 5.54. The van der Waals surface area contributed by atoms with Crippen LogP contribution in [-0.2, 0) is 11.2 Å². The number of epoxide rings is 1. The molecule has 1 aliphatic rings. The lowest BCUT2D eigenvalue weighted by atomic mass is 10.0. The normalized spacial score (nSPS) is 19.8. The van der Waals surface area contributed by atoms with E-state index in [-0.39, 0.29) is 6.10 Å². The molecule has 1 atom stereocenters. The monoisotopic (exact) mass is 176 g/mol. The summed E-state index contributed by atoms with van der Waals surface area (Å²) in [4.78, 5) is 0. The Labute approximate surface area is 77.5 Å². The zero-order chi connectivity index (χ0) is 9.26. The van der Waals surface area contributed by atoms with Gasteiger partial charge in [-0.05, 0) is 18.1 Å². The van der Waals surface area contributed by atoms with Gasteiger partial charge in [0.25, 0.3) is 0 Å². The average Bonchev–Trinajstić information content (AvgIpc) is 2.88. The minimum atomic E-state index is 0.108. The van der Waals surface area contributed by atoms with Crippen LogP contribution in [0.1, 0.15) is 17.2 Å². The van der Waals surface area contributed by atoms with Crippen LogP contribution in [0.3, 0.4) is 0 Å². The molecule has 1 aromatic rings. The van der Waals surface area contributed by atoms with Crippen LogP contribution < -0.4 is 0 Å². The van der Waals surface area contributed by atoms with Crippen molar-refractivity contribution in [3.05, 3.63) is 42.0 Å². The first-order chi connectivity index (χ1) is 6.33. The van der Waals surface area contributed by atoms with Crippen molar-refractivity contribution in [3.63, 3.8) is 0 Å². The van der Waals surface area contributed by atoms with Crippen LogP contribution in [0.2, 0.25) is 0 Å². The molecule has 2 heteroatoms. The van der Waals surface area contributed by atoms with Crippen LogP contribution in [0, 0.1) is 0 Å². The average molecular weight is 176 g/mol. The fraction of sp³-hybridized carbons (Fsp3) is 0.273. The lowest BCUT2D eigenvalue weighted by Crippen LogP contribution is -1.91. The summed E-state index contributed by atoms with van der Waals surface area (Å²) in [5.74, 6) is 0.335. The molecule has 2 nitrogen and oxygen atoms in total. The van der Waals surface area contributed by atoms with Crippen LogP contribution in [0.25, 0.3) is 0 Å². The molecule has 1 saturated heterocycles. The van der Waals surface area contributed by atoms with Gasteiger partial charge in [-0.25, -0.2) is 0 Å². The lowest BCUT2D eigenvalue weighted by Gasteiger charge is -2.06. The molecule has 0 amide bonds. The number of rotatable bonds is 3. The third-order valence-electron chi connectivity index (χ3n) is 2.19. The smallest absolute Gasteiger partial charge is 0.121 e. The topological polar surface area (TPSA) is 32.8 Å². The zero-order valence-corrected chi connectivity index (χ0v) is 7.36. The lowest BCUT2D eigenvalue weighted by molar-refractivity contribution is 0.399. The third kappa shape index (κ3) is 1.58. The van der Waals surface area contributed by atoms with Gasteiger partial charge in [0.1, 0.15) is 11.9 Å². The van der Waals surface area contributed by atoms with Crippen molar-refractivity contribution >= 4 is 0 Å².